The molecule has 1 saturated heterocycles. The molecule has 2 aromatic rings. The number of ether oxygens (including phenoxy) is 1. The van der Waals surface area contributed by atoms with Gasteiger partial charge >= 0.3 is 0 Å². The Balaban J connectivity index is 0.00000243. The largest absolute Gasteiger partial charge is 0.456 e. The smallest absolute Gasteiger partial charge is 0.243 e. The summed E-state index contributed by atoms with van der Waals surface area (Å²) in [6.45, 7) is 1.95. The summed E-state index contributed by atoms with van der Waals surface area (Å²) < 4.78 is 32.8. The highest BCUT2D eigenvalue weighted by atomic mass is 35.5. The van der Waals surface area contributed by atoms with Crippen LogP contribution in [0.3, 0.4) is 0 Å². The van der Waals surface area contributed by atoms with E-state index < -0.39 is 10.0 Å². The third-order valence-corrected chi connectivity index (χ3v) is 6.46. The molecular weight excluding hydrogens is 395 g/mol. The predicted molar refractivity (Wildman–Crippen MR) is 106 cm³/mol. The van der Waals surface area contributed by atoms with Gasteiger partial charge < -0.3 is 10.1 Å². The van der Waals surface area contributed by atoms with Crippen LogP contribution in [-0.4, -0.2) is 39.4 Å². The Bertz CT molecular complexity index is 829. The van der Waals surface area contributed by atoms with E-state index in [1.54, 1.807) is 40.7 Å². The summed E-state index contributed by atoms with van der Waals surface area (Å²) in [7, 11) is -1.58. The van der Waals surface area contributed by atoms with Gasteiger partial charge in [-0.3, -0.25) is 0 Å². The molecule has 0 bridgehead atoms. The van der Waals surface area contributed by atoms with Gasteiger partial charge in [-0.1, -0.05) is 23.7 Å². The Hall–Kier alpha value is -1.31. The first-order valence-electron chi connectivity index (χ1n) is 8.18. The lowest BCUT2D eigenvalue weighted by Crippen LogP contribution is -2.30. The fourth-order valence-corrected chi connectivity index (χ4v) is 4.66. The van der Waals surface area contributed by atoms with Crippen molar-refractivity contribution < 1.29 is 13.2 Å². The Kier molecular flexibility index (Phi) is 7.32. The van der Waals surface area contributed by atoms with Crippen LogP contribution in [0.4, 0.5) is 0 Å². The molecule has 2 aromatic carbocycles. The fraction of sp³-hybridized carbons (Fsp3) is 0.333. The van der Waals surface area contributed by atoms with Crippen LogP contribution in [0.2, 0.25) is 5.02 Å². The zero-order valence-electron chi connectivity index (χ0n) is 14.4. The van der Waals surface area contributed by atoms with Crippen LogP contribution in [0.15, 0.2) is 53.4 Å². The average Bonchev–Trinajstić information content (AvgIpc) is 3.07. The summed E-state index contributed by atoms with van der Waals surface area (Å²) in [6, 6.07) is 13.6. The minimum atomic E-state index is -3.46. The Morgan fingerprint density at radius 1 is 1.19 bits per heavy atom. The second-order valence-electron chi connectivity index (χ2n) is 6.08. The van der Waals surface area contributed by atoms with Gasteiger partial charge in [0.15, 0.2) is 0 Å². The number of nitrogens with one attached hydrogen (secondary N) is 1. The highest BCUT2D eigenvalue weighted by molar-refractivity contribution is 7.89. The molecule has 142 valence electrons. The molecular formula is C18H22Cl2N2O3S. The SMILES string of the molecule is CNCC1CCN(S(=O)(=O)c2ccc(Oc3ccccc3Cl)cc2)C1.Cl. The molecule has 0 radical (unpaired) electrons. The standard InChI is InChI=1S/C18H21ClN2O3S.ClH/c1-20-12-14-10-11-21(13-14)25(22,23)16-8-6-15(7-9-16)24-18-5-3-2-4-17(18)19;/h2-9,14,20H,10-13H2,1H3;1H. The van der Waals surface area contributed by atoms with Gasteiger partial charge in [0, 0.05) is 13.1 Å². The second kappa shape index (κ2) is 9.06. The number of hydrogen-bond acceptors (Lipinski definition) is 4. The van der Waals surface area contributed by atoms with Crippen LogP contribution in [0.1, 0.15) is 6.42 Å². The van der Waals surface area contributed by atoms with Crippen molar-refractivity contribution in [1.29, 1.82) is 0 Å². The van der Waals surface area contributed by atoms with Crippen molar-refractivity contribution in [1.82, 2.24) is 9.62 Å². The lowest BCUT2D eigenvalue weighted by Gasteiger charge is -2.17. The van der Waals surface area contributed by atoms with Crippen molar-refractivity contribution in [3.8, 4) is 11.5 Å². The summed E-state index contributed by atoms with van der Waals surface area (Å²) in [4.78, 5) is 0.282. The van der Waals surface area contributed by atoms with Gasteiger partial charge in [-0.2, -0.15) is 4.31 Å². The van der Waals surface area contributed by atoms with E-state index in [1.807, 2.05) is 19.2 Å². The number of sulfonamides is 1. The first-order chi connectivity index (χ1) is 12.0. The maximum atomic E-state index is 12.8. The molecule has 1 N–H and O–H groups in total. The van der Waals surface area contributed by atoms with Crippen molar-refractivity contribution in [2.75, 3.05) is 26.7 Å². The molecule has 0 aromatic heterocycles. The summed E-state index contributed by atoms with van der Waals surface area (Å²) in [5, 5.41) is 3.61. The zero-order chi connectivity index (χ0) is 17.9. The Morgan fingerprint density at radius 3 is 2.54 bits per heavy atom. The number of benzene rings is 2. The number of nitrogens with zero attached hydrogens (tertiary/aromatic N) is 1. The second-order valence-corrected chi connectivity index (χ2v) is 8.42. The summed E-state index contributed by atoms with van der Waals surface area (Å²) in [5.41, 5.74) is 0. The lowest BCUT2D eigenvalue weighted by molar-refractivity contribution is 0.451. The molecule has 1 heterocycles. The molecule has 0 spiro atoms. The van der Waals surface area contributed by atoms with Crippen LogP contribution in [-0.2, 0) is 10.0 Å². The van der Waals surface area contributed by atoms with Gasteiger partial charge in [0.25, 0.3) is 0 Å². The highest BCUT2D eigenvalue weighted by Gasteiger charge is 2.32. The highest BCUT2D eigenvalue weighted by Crippen LogP contribution is 2.30. The monoisotopic (exact) mass is 416 g/mol. The number of rotatable bonds is 6. The Labute approximate surface area is 165 Å². The van der Waals surface area contributed by atoms with E-state index >= 15 is 0 Å². The normalized spacial score (nSPS) is 17.7. The predicted octanol–water partition coefficient (Wildman–Crippen LogP) is 3.78. The summed E-state index contributed by atoms with van der Waals surface area (Å²) in [6.07, 6.45) is 0.883. The van der Waals surface area contributed by atoms with Crippen molar-refractivity contribution in [2.45, 2.75) is 11.3 Å². The molecule has 26 heavy (non-hydrogen) atoms. The minimum absolute atomic E-state index is 0. The van der Waals surface area contributed by atoms with E-state index in [0.717, 1.165) is 13.0 Å². The van der Waals surface area contributed by atoms with E-state index in [4.69, 9.17) is 16.3 Å². The summed E-state index contributed by atoms with van der Waals surface area (Å²) in [5.74, 6) is 1.44. The van der Waals surface area contributed by atoms with Crippen LogP contribution in [0.25, 0.3) is 0 Å². The molecule has 0 amide bonds. The van der Waals surface area contributed by atoms with Gasteiger partial charge in [-0.05, 0) is 62.3 Å². The maximum Gasteiger partial charge on any atom is 0.243 e. The van der Waals surface area contributed by atoms with Gasteiger partial charge in [-0.25, -0.2) is 8.42 Å². The number of hydrogen-bond donors (Lipinski definition) is 1. The van der Waals surface area contributed by atoms with E-state index in [-0.39, 0.29) is 17.3 Å². The molecule has 1 aliphatic heterocycles. The number of halogens is 2. The van der Waals surface area contributed by atoms with Crippen molar-refractivity contribution in [2.24, 2.45) is 5.92 Å². The third-order valence-electron chi connectivity index (χ3n) is 4.27. The van der Waals surface area contributed by atoms with Gasteiger partial charge in [0.2, 0.25) is 10.0 Å². The van der Waals surface area contributed by atoms with Crippen LogP contribution >= 0.6 is 24.0 Å². The van der Waals surface area contributed by atoms with Gasteiger partial charge in [0.05, 0.1) is 9.92 Å². The molecule has 1 atom stereocenters. The minimum Gasteiger partial charge on any atom is -0.456 e. The van der Waals surface area contributed by atoms with Crippen molar-refractivity contribution >= 4 is 34.0 Å². The molecule has 1 fully saturated rings. The molecule has 0 aliphatic carbocycles. The number of para-hydroxylation sites is 1. The first kappa shape index (κ1) is 21.0. The van der Waals surface area contributed by atoms with E-state index in [0.29, 0.717) is 35.5 Å². The first-order valence-corrected chi connectivity index (χ1v) is 9.99. The van der Waals surface area contributed by atoms with E-state index in [9.17, 15) is 8.42 Å². The van der Waals surface area contributed by atoms with Gasteiger partial charge in [0.1, 0.15) is 11.5 Å². The van der Waals surface area contributed by atoms with E-state index in [2.05, 4.69) is 5.32 Å². The molecule has 5 nitrogen and oxygen atoms in total. The molecule has 0 saturated carbocycles. The maximum absolute atomic E-state index is 12.8. The molecule has 1 unspecified atom stereocenters. The summed E-state index contributed by atoms with van der Waals surface area (Å²) >= 11 is 6.07. The van der Waals surface area contributed by atoms with Crippen molar-refractivity contribution in [3.05, 3.63) is 53.6 Å². The topological polar surface area (TPSA) is 58.6 Å². The lowest BCUT2D eigenvalue weighted by atomic mass is 10.1. The van der Waals surface area contributed by atoms with Crippen LogP contribution in [0.5, 0.6) is 11.5 Å². The molecule has 8 heteroatoms. The third kappa shape index (κ3) is 4.69. The van der Waals surface area contributed by atoms with Crippen LogP contribution < -0.4 is 10.1 Å². The Morgan fingerprint density at radius 2 is 1.88 bits per heavy atom. The zero-order valence-corrected chi connectivity index (χ0v) is 16.8. The molecule has 3 rings (SSSR count). The van der Waals surface area contributed by atoms with Crippen molar-refractivity contribution in [3.63, 3.8) is 0 Å². The van der Waals surface area contributed by atoms with Crippen LogP contribution in [0, 0.1) is 5.92 Å². The molecule has 1 aliphatic rings. The quantitative estimate of drug-likeness (QED) is 0.777. The average molecular weight is 417 g/mol. The van der Waals surface area contributed by atoms with Gasteiger partial charge in [-0.15, -0.1) is 12.4 Å². The fourth-order valence-electron chi connectivity index (χ4n) is 2.95. The van der Waals surface area contributed by atoms with E-state index in [1.165, 1.54) is 0 Å².